The molecular weight excluding hydrogens is 168 g/mol. The van der Waals surface area contributed by atoms with Gasteiger partial charge >= 0.3 is 0 Å². The Morgan fingerprint density at radius 3 is 1.14 bits per heavy atom. The van der Waals surface area contributed by atoms with Crippen molar-refractivity contribution in [3.05, 3.63) is 0 Å². The SMILES string of the molecule is CC(C)C.CCCC(CCC)C(C)C. The van der Waals surface area contributed by atoms with Crippen molar-refractivity contribution in [2.45, 2.75) is 74.1 Å². The molecule has 88 valence electrons. The van der Waals surface area contributed by atoms with Gasteiger partial charge in [0, 0.05) is 0 Å². The predicted octanol–water partition coefficient (Wildman–Crippen LogP) is 5.52. The topological polar surface area (TPSA) is 0 Å². The molecule has 0 aliphatic carbocycles. The highest BCUT2D eigenvalue weighted by molar-refractivity contribution is 4.61. The number of rotatable bonds is 5. The molecule has 0 saturated carbocycles. The molecule has 0 bridgehead atoms. The minimum absolute atomic E-state index is 0.833. The molecule has 0 heterocycles. The molecule has 0 aromatic heterocycles. The van der Waals surface area contributed by atoms with E-state index >= 15 is 0 Å². The van der Waals surface area contributed by atoms with E-state index in [0.29, 0.717) is 0 Å². The molecule has 0 fully saturated rings. The summed E-state index contributed by atoms with van der Waals surface area (Å²) in [5.41, 5.74) is 0. The van der Waals surface area contributed by atoms with Crippen LogP contribution < -0.4 is 0 Å². The van der Waals surface area contributed by atoms with Crippen LogP contribution in [0.2, 0.25) is 0 Å². The fourth-order valence-electron chi connectivity index (χ4n) is 1.55. The van der Waals surface area contributed by atoms with Crippen molar-refractivity contribution in [1.82, 2.24) is 0 Å². The van der Waals surface area contributed by atoms with Crippen LogP contribution in [0.3, 0.4) is 0 Å². The van der Waals surface area contributed by atoms with Gasteiger partial charge in [-0.15, -0.1) is 0 Å². The summed E-state index contributed by atoms with van der Waals surface area (Å²) in [5.74, 6) is 2.70. The lowest BCUT2D eigenvalue weighted by atomic mass is 9.88. The summed E-state index contributed by atoms with van der Waals surface area (Å²) >= 11 is 0. The second-order valence-corrected chi connectivity index (χ2v) is 5.31. The second-order valence-electron chi connectivity index (χ2n) is 5.31. The molecule has 0 heteroatoms. The maximum Gasteiger partial charge on any atom is -0.0391 e. The lowest BCUT2D eigenvalue weighted by molar-refractivity contribution is 0.331. The van der Waals surface area contributed by atoms with E-state index in [1.54, 1.807) is 0 Å². The molecule has 0 unspecified atom stereocenters. The first-order valence-electron chi connectivity index (χ1n) is 6.45. The Labute approximate surface area is 92.5 Å². The Morgan fingerprint density at radius 1 is 0.714 bits per heavy atom. The van der Waals surface area contributed by atoms with E-state index in [2.05, 4.69) is 48.5 Å². The first kappa shape index (κ1) is 16.4. The van der Waals surface area contributed by atoms with Gasteiger partial charge in [0.05, 0.1) is 0 Å². The summed E-state index contributed by atoms with van der Waals surface area (Å²) in [4.78, 5) is 0. The first-order chi connectivity index (χ1) is 6.45. The van der Waals surface area contributed by atoms with Gasteiger partial charge in [0.15, 0.2) is 0 Å². The average Bonchev–Trinajstić information content (AvgIpc) is 2.02. The van der Waals surface area contributed by atoms with Crippen molar-refractivity contribution < 1.29 is 0 Å². The largest absolute Gasteiger partial charge is 0.0654 e. The third-order valence-corrected chi connectivity index (χ3v) is 2.26. The molecular formula is C14H32. The van der Waals surface area contributed by atoms with Crippen LogP contribution in [-0.4, -0.2) is 0 Å². The Morgan fingerprint density at radius 2 is 1.00 bits per heavy atom. The lowest BCUT2D eigenvalue weighted by Gasteiger charge is -2.18. The maximum absolute atomic E-state index is 2.34. The molecule has 0 aliphatic heterocycles. The zero-order valence-corrected chi connectivity index (χ0v) is 11.6. The van der Waals surface area contributed by atoms with Crippen LogP contribution in [0.1, 0.15) is 74.1 Å². The molecule has 0 rings (SSSR count). The molecule has 0 nitrogen and oxygen atoms in total. The second kappa shape index (κ2) is 11.1. The van der Waals surface area contributed by atoms with Gasteiger partial charge in [0.2, 0.25) is 0 Å². The smallest absolute Gasteiger partial charge is 0.0391 e. The van der Waals surface area contributed by atoms with E-state index < -0.39 is 0 Å². The van der Waals surface area contributed by atoms with E-state index in [1.807, 2.05) is 0 Å². The van der Waals surface area contributed by atoms with Crippen molar-refractivity contribution >= 4 is 0 Å². The highest BCUT2D eigenvalue weighted by Crippen LogP contribution is 2.21. The monoisotopic (exact) mass is 200 g/mol. The Balaban J connectivity index is 0. The summed E-state index contributed by atoms with van der Waals surface area (Å²) in [6.45, 7) is 15.8. The van der Waals surface area contributed by atoms with E-state index in [1.165, 1.54) is 25.7 Å². The normalized spacial score (nSPS) is 10.7. The highest BCUT2D eigenvalue weighted by atomic mass is 14.2. The molecule has 0 N–H and O–H groups in total. The zero-order valence-electron chi connectivity index (χ0n) is 11.6. The van der Waals surface area contributed by atoms with Gasteiger partial charge < -0.3 is 0 Å². The molecule has 14 heavy (non-hydrogen) atoms. The van der Waals surface area contributed by atoms with Crippen molar-refractivity contribution in [2.75, 3.05) is 0 Å². The van der Waals surface area contributed by atoms with Crippen LogP contribution in [0.25, 0.3) is 0 Å². The number of hydrogen-bond acceptors (Lipinski definition) is 0. The van der Waals surface area contributed by atoms with Crippen molar-refractivity contribution in [3.8, 4) is 0 Å². The van der Waals surface area contributed by atoms with E-state index in [4.69, 9.17) is 0 Å². The molecule has 0 aromatic rings. The fraction of sp³-hybridized carbons (Fsp3) is 1.00. The third kappa shape index (κ3) is 14.5. The highest BCUT2D eigenvalue weighted by Gasteiger charge is 2.09. The first-order valence-corrected chi connectivity index (χ1v) is 6.45. The van der Waals surface area contributed by atoms with Gasteiger partial charge in [-0.3, -0.25) is 0 Å². The van der Waals surface area contributed by atoms with Crippen LogP contribution in [0.4, 0.5) is 0 Å². The summed E-state index contributed by atoms with van der Waals surface area (Å²) in [7, 11) is 0. The zero-order chi connectivity index (χ0) is 11.6. The molecule has 0 aromatic carbocycles. The molecule has 0 radical (unpaired) electrons. The van der Waals surface area contributed by atoms with Gasteiger partial charge in [0.25, 0.3) is 0 Å². The van der Waals surface area contributed by atoms with Gasteiger partial charge in [-0.1, -0.05) is 74.1 Å². The average molecular weight is 200 g/mol. The van der Waals surface area contributed by atoms with E-state index in [0.717, 1.165) is 17.8 Å². The summed E-state index contributed by atoms with van der Waals surface area (Å²) in [6, 6.07) is 0. The van der Waals surface area contributed by atoms with Crippen LogP contribution in [-0.2, 0) is 0 Å². The van der Waals surface area contributed by atoms with Crippen molar-refractivity contribution in [2.24, 2.45) is 17.8 Å². The Bertz CT molecular complexity index is 83.5. The predicted molar refractivity (Wildman–Crippen MR) is 68.7 cm³/mol. The van der Waals surface area contributed by atoms with Crippen LogP contribution in [0, 0.1) is 17.8 Å². The van der Waals surface area contributed by atoms with E-state index in [-0.39, 0.29) is 0 Å². The standard InChI is InChI=1S/C10H22.C4H10/c1-5-7-10(8-6-2)9(3)4;1-4(2)3/h9-10H,5-8H2,1-4H3;4H,1-3H3. The van der Waals surface area contributed by atoms with Crippen LogP contribution >= 0.6 is 0 Å². The number of hydrogen-bond donors (Lipinski definition) is 0. The van der Waals surface area contributed by atoms with Crippen LogP contribution in [0.5, 0.6) is 0 Å². The van der Waals surface area contributed by atoms with Gasteiger partial charge in [-0.2, -0.15) is 0 Å². The summed E-state index contributed by atoms with van der Waals surface area (Å²) in [5, 5.41) is 0. The Kier molecular flexibility index (Phi) is 13.0. The van der Waals surface area contributed by atoms with E-state index in [9.17, 15) is 0 Å². The van der Waals surface area contributed by atoms with Gasteiger partial charge in [0.1, 0.15) is 0 Å². The minimum atomic E-state index is 0.833. The summed E-state index contributed by atoms with van der Waals surface area (Å²) < 4.78 is 0. The lowest BCUT2D eigenvalue weighted by Crippen LogP contribution is -2.07. The fourth-order valence-corrected chi connectivity index (χ4v) is 1.55. The van der Waals surface area contributed by atoms with Crippen LogP contribution in [0.15, 0.2) is 0 Å². The Hall–Kier alpha value is 0. The quantitative estimate of drug-likeness (QED) is 0.548. The molecule has 0 spiro atoms. The summed E-state index contributed by atoms with van der Waals surface area (Å²) in [6.07, 6.45) is 5.54. The molecule has 0 aliphatic rings. The minimum Gasteiger partial charge on any atom is -0.0654 e. The van der Waals surface area contributed by atoms with Gasteiger partial charge in [-0.25, -0.2) is 0 Å². The molecule has 0 atom stereocenters. The van der Waals surface area contributed by atoms with Crippen molar-refractivity contribution in [1.29, 1.82) is 0 Å². The third-order valence-electron chi connectivity index (χ3n) is 2.26. The molecule has 0 amide bonds. The maximum atomic E-state index is 2.34. The van der Waals surface area contributed by atoms with Crippen molar-refractivity contribution in [3.63, 3.8) is 0 Å². The molecule has 0 saturated heterocycles. The van der Waals surface area contributed by atoms with Gasteiger partial charge in [-0.05, 0) is 17.8 Å².